The van der Waals surface area contributed by atoms with Gasteiger partial charge >= 0.3 is 0 Å². The third-order valence-corrected chi connectivity index (χ3v) is 5.22. The molecule has 0 saturated heterocycles. The number of anilines is 1. The molecule has 1 aromatic heterocycles. The van der Waals surface area contributed by atoms with Crippen LogP contribution >= 0.6 is 27.3 Å². The predicted molar refractivity (Wildman–Crippen MR) is 110 cm³/mol. The summed E-state index contributed by atoms with van der Waals surface area (Å²) in [7, 11) is 0. The van der Waals surface area contributed by atoms with Crippen LogP contribution in [-0.2, 0) is 13.2 Å². The summed E-state index contributed by atoms with van der Waals surface area (Å²) < 4.78 is 12.8. The molecule has 2 aromatic carbocycles. The predicted octanol–water partition coefficient (Wildman–Crippen LogP) is 5.80. The second-order valence-corrected chi connectivity index (χ2v) is 7.54. The Bertz CT molecular complexity index is 853. The second kappa shape index (κ2) is 9.05. The van der Waals surface area contributed by atoms with Gasteiger partial charge in [0.2, 0.25) is 0 Å². The molecule has 0 aliphatic heterocycles. The van der Waals surface area contributed by atoms with Gasteiger partial charge in [0.1, 0.15) is 6.61 Å². The Morgan fingerprint density at radius 1 is 1.15 bits per heavy atom. The second-order valence-electron chi connectivity index (χ2n) is 5.79. The van der Waals surface area contributed by atoms with Crippen molar-refractivity contribution in [1.82, 2.24) is 4.98 Å². The number of nitrogens with zero attached hydrogens (tertiary/aromatic N) is 1. The van der Waals surface area contributed by atoms with Gasteiger partial charge in [0, 0.05) is 22.6 Å². The largest absolute Gasteiger partial charge is 0.490 e. The molecule has 0 spiro atoms. The van der Waals surface area contributed by atoms with Crippen LogP contribution in [0.25, 0.3) is 0 Å². The minimum Gasteiger partial charge on any atom is -0.490 e. The summed E-state index contributed by atoms with van der Waals surface area (Å²) in [6, 6.07) is 12.3. The van der Waals surface area contributed by atoms with Gasteiger partial charge in [-0.1, -0.05) is 45.8 Å². The highest BCUT2D eigenvalue weighted by Crippen LogP contribution is 2.35. The van der Waals surface area contributed by atoms with Crippen LogP contribution < -0.4 is 14.8 Å². The summed E-state index contributed by atoms with van der Waals surface area (Å²) in [4.78, 5) is 4.24. The van der Waals surface area contributed by atoms with E-state index in [9.17, 15) is 0 Å². The number of thiazole rings is 1. The van der Waals surface area contributed by atoms with Crippen LogP contribution in [0.4, 0.5) is 5.13 Å². The summed E-state index contributed by atoms with van der Waals surface area (Å²) in [6.45, 7) is 5.80. The Hall–Kier alpha value is -2.05. The molecule has 0 radical (unpaired) electrons. The molecule has 136 valence electrons. The zero-order valence-electron chi connectivity index (χ0n) is 14.8. The molecular formula is C20H21BrN2O2S. The molecule has 1 heterocycles. The number of aromatic nitrogens is 1. The van der Waals surface area contributed by atoms with E-state index in [0.29, 0.717) is 19.8 Å². The number of halogens is 1. The highest BCUT2D eigenvalue weighted by atomic mass is 79.9. The first kappa shape index (κ1) is 18.7. The Kier molecular flexibility index (Phi) is 6.52. The van der Waals surface area contributed by atoms with Crippen LogP contribution in [0.1, 0.15) is 23.6 Å². The van der Waals surface area contributed by atoms with Crippen molar-refractivity contribution in [2.75, 3.05) is 11.9 Å². The first-order valence-corrected chi connectivity index (χ1v) is 10.1. The van der Waals surface area contributed by atoms with Gasteiger partial charge < -0.3 is 14.8 Å². The maximum atomic E-state index is 6.03. The van der Waals surface area contributed by atoms with Gasteiger partial charge in [0.15, 0.2) is 16.6 Å². The summed E-state index contributed by atoms with van der Waals surface area (Å²) in [5, 5.41) is 6.16. The highest BCUT2D eigenvalue weighted by molar-refractivity contribution is 9.10. The lowest BCUT2D eigenvalue weighted by Gasteiger charge is -2.15. The van der Waals surface area contributed by atoms with Crippen LogP contribution in [0.5, 0.6) is 11.5 Å². The van der Waals surface area contributed by atoms with Crippen LogP contribution in [-0.4, -0.2) is 11.6 Å². The van der Waals surface area contributed by atoms with Crippen molar-refractivity contribution in [1.29, 1.82) is 0 Å². The average Bonchev–Trinajstić information content (AvgIpc) is 3.14. The summed E-state index contributed by atoms with van der Waals surface area (Å²) in [5.41, 5.74) is 3.45. The molecule has 3 aromatic rings. The van der Waals surface area contributed by atoms with E-state index in [1.807, 2.05) is 30.5 Å². The smallest absolute Gasteiger partial charge is 0.182 e. The average molecular weight is 433 g/mol. The van der Waals surface area contributed by atoms with E-state index in [-0.39, 0.29) is 0 Å². The lowest BCUT2D eigenvalue weighted by molar-refractivity contribution is 0.269. The van der Waals surface area contributed by atoms with Crippen molar-refractivity contribution in [3.05, 3.63) is 69.1 Å². The van der Waals surface area contributed by atoms with E-state index >= 15 is 0 Å². The Balaban J connectivity index is 1.75. The molecule has 0 amide bonds. The van der Waals surface area contributed by atoms with E-state index in [4.69, 9.17) is 9.47 Å². The van der Waals surface area contributed by atoms with E-state index in [1.165, 1.54) is 5.56 Å². The maximum Gasteiger partial charge on any atom is 0.182 e. The van der Waals surface area contributed by atoms with Crippen molar-refractivity contribution in [3.63, 3.8) is 0 Å². The third kappa shape index (κ3) is 4.99. The molecule has 6 heteroatoms. The van der Waals surface area contributed by atoms with Gasteiger partial charge in [-0.25, -0.2) is 4.98 Å². The van der Waals surface area contributed by atoms with Gasteiger partial charge in [0.05, 0.1) is 6.61 Å². The van der Waals surface area contributed by atoms with Gasteiger partial charge in [0.25, 0.3) is 0 Å². The standard InChI is InChI=1S/C20H21BrN2O2S/c1-3-24-18-10-16(12-23-20-22-7-8-26-20)17(21)11-19(18)25-13-15-6-4-5-14(2)9-15/h4-11H,3,12-13H2,1-2H3,(H,22,23). The topological polar surface area (TPSA) is 43.4 Å². The normalized spacial score (nSPS) is 10.6. The van der Waals surface area contributed by atoms with Gasteiger partial charge in [-0.3, -0.25) is 0 Å². The number of nitrogens with one attached hydrogen (secondary N) is 1. The molecule has 1 N–H and O–H groups in total. The Labute approximate surface area is 166 Å². The van der Waals surface area contributed by atoms with Crippen LogP contribution in [0.15, 0.2) is 52.4 Å². The zero-order chi connectivity index (χ0) is 18.4. The molecular weight excluding hydrogens is 412 g/mol. The van der Waals surface area contributed by atoms with E-state index in [2.05, 4.69) is 51.4 Å². The van der Waals surface area contributed by atoms with E-state index in [1.54, 1.807) is 17.5 Å². The maximum absolute atomic E-state index is 6.03. The van der Waals surface area contributed by atoms with Crippen molar-refractivity contribution >= 4 is 32.4 Å². The quantitative estimate of drug-likeness (QED) is 0.487. The number of benzene rings is 2. The molecule has 0 bridgehead atoms. The number of ether oxygens (including phenoxy) is 2. The van der Waals surface area contributed by atoms with Crippen molar-refractivity contribution < 1.29 is 9.47 Å². The lowest BCUT2D eigenvalue weighted by atomic mass is 10.1. The van der Waals surface area contributed by atoms with E-state index in [0.717, 1.165) is 32.2 Å². The minimum atomic E-state index is 0.505. The summed E-state index contributed by atoms with van der Waals surface area (Å²) >= 11 is 5.22. The highest BCUT2D eigenvalue weighted by Gasteiger charge is 2.12. The van der Waals surface area contributed by atoms with Gasteiger partial charge in [-0.2, -0.15) is 0 Å². The minimum absolute atomic E-state index is 0.505. The molecule has 0 aliphatic carbocycles. The molecule has 0 saturated carbocycles. The molecule has 0 fully saturated rings. The van der Waals surface area contributed by atoms with Crippen LogP contribution in [0.2, 0.25) is 0 Å². The van der Waals surface area contributed by atoms with Gasteiger partial charge in [-0.15, -0.1) is 11.3 Å². The molecule has 0 aliphatic rings. The monoisotopic (exact) mass is 432 g/mol. The fourth-order valence-corrected chi connectivity index (χ4v) is 3.53. The number of hydrogen-bond donors (Lipinski definition) is 1. The Morgan fingerprint density at radius 2 is 2.00 bits per heavy atom. The SMILES string of the molecule is CCOc1cc(CNc2nccs2)c(Br)cc1OCc1cccc(C)c1. The number of aryl methyl sites for hydroxylation is 1. The van der Waals surface area contributed by atoms with Gasteiger partial charge in [-0.05, 0) is 37.1 Å². The fourth-order valence-electron chi connectivity index (χ4n) is 2.54. The van der Waals surface area contributed by atoms with E-state index < -0.39 is 0 Å². The van der Waals surface area contributed by atoms with Crippen LogP contribution in [0.3, 0.4) is 0 Å². The van der Waals surface area contributed by atoms with Crippen LogP contribution in [0, 0.1) is 6.92 Å². The van der Waals surface area contributed by atoms with Crippen molar-refractivity contribution in [3.8, 4) is 11.5 Å². The Morgan fingerprint density at radius 3 is 2.73 bits per heavy atom. The first-order chi connectivity index (χ1) is 12.7. The third-order valence-electron chi connectivity index (χ3n) is 3.75. The van der Waals surface area contributed by atoms with Crippen molar-refractivity contribution in [2.45, 2.75) is 27.0 Å². The number of rotatable bonds is 8. The zero-order valence-corrected chi connectivity index (χ0v) is 17.2. The molecule has 0 atom stereocenters. The molecule has 0 unspecified atom stereocenters. The number of hydrogen-bond acceptors (Lipinski definition) is 5. The summed E-state index contributed by atoms with van der Waals surface area (Å²) in [6.07, 6.45) is 1.79. The lowest BCUT2D eigenvalue weighted by Crippen LogP contribution is -2.04. The molecule has 4 nitrogen and oxygen atoms in total. The fraction of sp³-hybridized carbons (Fsp3) is 0.250. The summed E-state index contributed by atoms with van der Waals surface area (Å²) in [5.74, 6) is 1.48. The van der Waals surface area contributed by atoms with Crippen molar-refractivity contribution in [2.24, 2.45) is 0 Å². The molecule has 26 heavy (non-hydrogen) atoms. The molecule has 3 rings (SSSR count). The first-order valence-electron chi connectivity index (χ1n) is 8.42.